The van der Waals surface area contributed by atoms with Gasteiger partial charge in [-0.25, -0.2) is 4.98 Å². The Bertz CT molecular complexity index is 633. The summed E-state index contributed by atoms with van der Waals surface area (Å²) >= 11 is 0. The van der Waals surface area contributed by atoms with Crippen LogP contribution in [-0.2, 0) is 22.2 Å². The van der Waals surface area contributed by atoms with E-state index in [0.29, 0.717) is 13.1 Å². The number of hydrogen-bond acceptors (Lipinski definition) is 5. The lowest BCUT2D eigenvalue weighted by atomic mass is 9.97. The average molecular weight is 363 g/mol. The first-order chi connectivity index (χ1) is 11.6. The van der Waals surface area contributed by atoms with Crippen molar-refractivity contribution in [2.24, 2.45) is 7.05 Å². The first-order valence-corrected chi connectivity index (χ1v) is 7.67. The van der Waals surface area contributed by atoms with Gasteiger partial charge < -0.3 is 25.2 Å². The van der Waals surface area contributed by atoms with E-state index in [0.717, 1.165) is 10.8 Å². The molecule has 0 aromatic carbocycles. The highest BCUT2D eigenvalue weighted by Gasteiger charge is 2.57. The minimum absolute atomic E-state index is 0.125. The first-order valence-electron chi connectivity index (χ1n) is 7.67. The van der Waals surface area contributed by atoms with E-state index in [4.69, 9.17) is 0 Å². The maximum absolute atomic E-state index is 13.3. The van der Waals surface area contributed by atoms with Crippen LogP contribution in [0.5, 0.6) is 0 Å². The van der Waals surface area contributed by atoms with Crippen LogP contribution in [0.15, 0.2) is 12.4 Å². The Morgan fingerprint density at radius 2 is 2.20 bits per heavy atom. The van der Waals surface area contributed by atoms with E-state index in [9.17, 15) is 27.9 Å². The topological polar surface area (TPSA) is 99.5 Å². The number of hydrogen-bond donors (Lipinski definition) is 3. The van der Waals surface area contributed by atoms with Gasteiger partial charge in [-0.15, -0.1) is 0 Å². The number of aryl methyl sites for hydroxylation is 1. The molecule has 8 nitrogen and oxygen atoms in total. The molecule has 1 aromatic heterocycles. The van der Waals surface area contributed by atoms with Crippen LogP contribution in [0.4, 0.5) is 13.2 Å². The lowest BCUT2D eigenvalue weighted by molar-refractivity contribution is -0.272. The van der Waals surface area contributed by atoms with Crippen molar-refractivity contribution in [3.8, 4) is 0 Å². The summed E-state index contributed by atoms with van der Waals surface area (Å²) in [5, 5.41) is 15.3. The minimum atomic E-state index is -4.95. The van der Waals surface area contributed by atoms with Gasteiger partial charge in [0.15, 0.2) is 0 Å². The Hall–Kier alpha value is -2.14. The highest BCUT2D eigenvalue weighted by atomic mass is 19.4. The van der Waals surface area contributed by atoms with E-state index in [1.807, 2.05) is 0 Å². The molecule has 1 aliphatic rings. The number of aromatic nitrogens is 2. The zero-order valence-electron chi connectivity index (χ0n) is 13.6. The number of imidazole rings is 1. The van der Waals surface area contributed by atoms with Gasteiger partial charge in [0.1, 0.15) is 5.82 Å². The summed E-state index contributed by atoms with van der Waals surface area (Å²) in [4.78, 5) is 28.3. The molecule has 0 saturated carbocycles. The molecule has 1 saturated heterocycles. The quantitative estimate of drug-likeness (QED) is 0.609. The molecule has 1 atom stereocenters. The highest BCUT2D eigenvalue weighted by Crippen LogP contribution is 2.40. The molecule has 1 unspecified atom stereocenters. The van der Waals surface area contributed by atoms with Gasteiger partial charge in [0.2, 0.25) is 17.4 Å². The number of halogens is 3. The van der Waals surface area contributed by atoms with Crippen LogP contribution >= 0.6 is 0 Å². The molecule has 2 amide bonds. The third kappa shape index (κ3) is 4.28. The molecule has 0 spiro atoms. The molecule has 1 fully saturated rings. The Labute approximate surface area is 142 Å². The fourth-order valence-corrected chi connectivity index (χ4v) is 2.57. The predicted octanol–water partition coefficient (Wildman–Crippen LogP) is -0.892. The molecular formula is C14H20F3N5O3. The minimum Gasteiger partial charge on any atom is -0.374 e. The number of rotatable bonds is 6. The third-order valence-electron chi connectivity index (χ3n) is 3.99. The number of amides is 2. The number of alkyl halides is 3. The zero-order valence-corrected chi connectivity index (χ0v) is 13.6. The SMILES string of the molecule is Cn1ccnc1C(O)(CCNC(=O)CN1CCNCC1=O)C(F)(F)F. The molecule has 1 aromatic rings. The molecule has 1 aliphatic heterocycles. The predicted molar refractivity (Wildman–Crippen MR) is 80.2 cm³/mol. The average Bonchev–Trinajstić information content (AvgIpc) is 2.95. The second kappa shape index (κ2) is 7.40. The molecule has 140 valence electrons. The monoisotopic (exact) mass is 363 g/mol. The number of nitrogens with zero attached hydrogens (tertiary/aromatic N) is 3. The largest absolute Gasteiger partial charge is 0.424 e. The van der Waals surface area contributed by atoms with Gasteiger partial charge in [-0.2, -0.15) is 13.2 Å². The summed E-state index contributed by atoms with van der Waals surface area (Å²) in [6.07, 6.45) is -3.30. The molecular weight excluding hydrogens is 343 g/mol. The van der Waals surface area contributed by atoms with Crippen LogP contribution < -0.4 is 10.6 Å². The van der Waals surface area contributed by atoms with E-state index < -0.39 is 36.5 Å². The lowest BCUT2D eigenvalue weighted by Gasteiger charge is -2.30. The van der Waals surface area contributed by atoms with Crippen LogP contribution in [0.2, 0.25) is 0 Å². The van der Waals surface area contributed by atoms with Gasteiger partial charge in [-0.1, -0.05) is 0 Å². The van der Waals surface area contributed by atoms with Gasteiger partial charge in [0, 0.05) is 45.5 Å². The summed E-state index contributed by atoms with van der Waals surface area (Å²) in [6.45, 7) is 0.383. The summed E-state index contributed by atoms with van der Waals surface area (Å²) in [5.41, 5.74) is -3.18. The molecule has 0 bridgehead atoms. The molecule has 0 aliphatic carbocycles. The Kier molecular flexibility index (Phi) is 5.68. The van der Waals surface area contributed by atoms with Crippen molar-refractivity contribution in [3.63, 3.8) is 0 Å². The number of carbonyl (C=O) groups is 2. The summed E-state index contributed by atoms with van der Waals surface area (Å²) in [6, 6.07) is 0. The van der Waals surface area contributed by atoms with E-state index in [2.05, 4.69) is 15.6 Å². The van der Waals surface area contributed by atoms with Crippen molar-refractivity contribution in [2.45, 2.75) is 18.2 Å². The second-order valence-electron chi connectivity index (χ2n) is 5.81. The van der Waals surface area contributed by atoms with Crippen LogP contribution in [-0.4, -0.2) is 70.3 Å². The molecule has 3 N–H and O–H groups in total. The molecule has 11 heteroatoms. The molecule has 2 rings (SSSR count). The maximum atomic E-state index is 13.3. The molecule has 0 radical (unpaired) electrons. The van der Waals surface area contributed by atoms with Gasteiger partial charge >= 0.3 is 6.18 Å². The smallest absolute Gasteiger partial charge is 0.374 e. The van der Waals surface area contributed by atoms with Crippen molar-refractivity contribution in [1.29, 1.82) is 0 Å². The van der Waals surface area contributed by atoms with Crippen LogP contribution in [0.3, 0.4) is 0 Å². The Balaban J connectivity index is 1.94. The van der Waals surface area contributed by atoms with Gasteiger partial charge in [-0.3, -0.25) is 9.59 Å². The highest BCUT2D eigenvalue weighted by molar-refractivity contribution is 5.86. The standard InChI is InChI=1S/C14H20F3N5O3/c1-21-6-5-20-12(21)13(25,14(15,16)17)2-3-19-10(23)9-22-7-4-18-8-11(22)24/h5-6,18,25H,2-4,7-9H2,1H3,(H,19,23). The summed E-state index contributed by atoms with van der Waals surface area (Å²) in [7, 11) is 1.34. The molecule has 2 heterocycles. The number of carbonyl (C=O) groups excluding carboxylic acids is 2. The normalized spacial score (nSPS) is 18.1. The van der Waals surface area contributed by atoms with E-state index in [1.54, 1.807) is 0 Å². The van der Waals surface area contributed by atoms with Gasteiger partial charge in [-0.05, 0) is 0 Å². The van der Waals surface area contributed by atoms with E-state index in [-0.39, 0.29) is 19.0 Å². The Morgan fingerprint density at radius 3 is 2.76 bits per heavy atom. The number of nitrogens with one attached hydrogen (secondary N) is 2. The van der Waals surface area contributed by atoms with Crippen molar-refractivity contribution in [1.82, 2.24) is 25.1 Å². The lowest BCUT2D eigenvalue weighted by Crippen LogP contribution is -2.52. The van der Waals surface area contributed by atoms with Crippen molar-refractivity contribution in [2.75, 3.05) is 32.7 Å². The van der Waals surface area contributed by atoms with Crippen molar-refractivity contribution < 1.29 is 27.9 Å². The third-order valence-corrected chi connectivity index (χ3v) is 3.99. The number of piperazine rings is 1. The second-order valence-corrected chi connectivity index (χ2v) is 5.81. The van der Waals surface area contributed by atoms with E-state index >= 15 is 0 Å². The Morgan fingerprint density at radius 1 is 1.48 bits per heavy atom. The number of aliphatic hydroxyl groups is 1. The first kappa shape index (κ1) is 19.2. The van der Waals surface area contributed by atoms with Crippen LogP contribution in [0.25, 0.3) is 0 Å². The van der Waals surface area contributed by atoms with Gasteiger partial charge in [0.25, 0.3) is 0 Å². The van der Waals surface area contributed by atoms with Crippen LogP contribution in [0.1, 0.15) is 12.2 Å². The van der Waals surface area contributed by atoms with Crippen molar-refractivity contribution in [3.05, 3.63) is 18.2 Å². The van der Waals surface area contributed by atoms with Gasteiger partial charge in [0.05, 0.1) is 13.1 Å². The molecule has 25 heavy (non-hydrogen) atoms. The fraction of sp³-hybridized carbons (Fsp3) is 0.643. The maximum Gasteiger partial charge on any atom is 0.424 e. The van der Waals surface area contributed by atoms with Crippen LogP contribution in [0, 0.1) is 0 Å². The van der Waals surface area contributed by atoms with E-state index in [1.165, 1.54) is 18.1 Å². The summed E-state index contributed by atoms with van der Waals surface area (Å²) in [5.74, 6) is -1.38. The zero-order chi connectivity index (χ0) is 18.7. The van der Waals surface area contributed by atoms with Crippen molar-refractivity contribution >= 4 is 11.8 Å². The fourth-order valence-electron chi connectivity index (χ4n) is 2.57. The summed E-state index contributed by atoms with van der Waals surface area (Å²) < 4.78 is 41.0.